The van der Waals surface area contributed by atoms with Crippen LogP contribution >= 0.6 is 0 Å². The lowest BCUT2D eigenvalue weighted by molar-refractivity contribution is -0.274. The molecule has 0 spiro atoms. The van der Waals surface area contributed by atoms with Gasteiger partial charge in [0.05, 0.1) is 11.8 Å². The van der Waals surface area contributed by atoms with E-state index < -0.39 is 41.6 Å². The summed E-state index contributed by atoms with van der Waals surface area (Å²) < 4.78 is 43.2. The number of halogens is 3. The van der Waals surface area contributed by atoms with E-state index in [9.17, 15) is 37.5 Å². The molecule has 7 nitrogen and oxygen atoms in total. The van der Waals surface area contributed by atoms with Crippen molar-refractivity contribution >= 4 is 23.4 Å². The first-order chi connectivity index (χ1) is 19.0. The molecule has 40 heavy (non-hydrogen) atoms. The number of carbonyl (C=O) groups excluding carboxylic acids is 4. The summed E-state index contributed by atoms with van der Waals surface area (Å²) in [4.78, 5) is 55.5. The summed E-state index contributed by atoms with van der Waals surface area (Å²) in [6.07, 6.45) is 2.67. The van der Waals surface area contributed by atoms with Crippen LogP contribution in [0.1, 0.15) is 63.4 Å². The molecule has 5 aliphatic rings. The predicted octanol–water partition coefficient (Wildman–Crippen LogP) is 5.05. The van der Waals surface area contributed by atoms with Crippen LogP contribution in [0.25, 0.3) is 0 Å². The fourth-order valence-corrected chi connectivity index (χ4v) is 7.42. The summed E-state index contributed by atoms with van der Waals surface area (Å²) in [5.74, 6) is -5.39. The summed E-state index contributed by atoms with van der Waals surface area (Å²) in [7, 11) is 0. The zero-order valence-electron chi connectivity index (χ0n) is 21.8. The summed E-state index contributed by atoms with van der Waals surface area (Å²) in [6, 6.07) is 2.87. The molecule has 6 rings (SSSR count). The minimum atomic E-state index is -4.99. The van der Waals surface area contributed by atoms with E-state index in [0.29, 0.717) is 5.57 Å². The van der Waals surface area contributed by atoms with Gasteiger partial charge in [0, 0.05) is 34.2 Å². The Morgan fingerprint density at radius 2 is 1.73 bits per heavy atom. The van der Waals surface area contributed by atoms with Gasteiger partial charge in [-0.3, -0.25) is 24.1 Å². The average molecular weight is 556 g/mol. The van der Waals surface area contributed by atoms with E-state index in [0.717, 1.165) is 50.3 Å². The number of alkyl halides is 3. The molecule has 2 amide bonds. The number of aromatic hydroxyl groups is 1. The molecule has 1 aliphatic heterocycles. The van der Waals surface area contributed by atoms with Gasteiger partial charge in [0.15, 0.2) is 11.6 Å². The third-order valence-electron chi connectivity index (χ3n) is 9.08. The number of nitrogens with zero attached hydrogens (tertiary/aromatic N) is 1. The first kappa shape index (κ1) is 26.5. The fourth-order valence-electron chi connectivity index (χ4n) is 7.42. The van der Waals surface area contributed by atoms with Gasteiger partial charge in [-0.05, 0) is 62.8 Å². The molecule has 0 bridgehead atoms. The average Bonchev–Trinajstić information content (AvgIpc) is 3.16. The molecule has 4 aliphatic carbocycles. The van der Waals surface area contributed by atoms with Crippen LogP contribution in [-0.2, 0) is 19.2 Å². The third kappa shape index (κ3) is 4.19. The molecule has 4 atom stereocenters. The van der Waals surface area contributed by atoms with Gasteiger partial charge >= 0.3 is 6.36 Å². The van der Waals surface area contributed by atoms with Crippen molar-refractivity contribution in [3.63, 3.8) is 0 Å². The Morgan fingerprint density at radius 3 is 2.42 bits per heavy atom. The molecule has 2 fully saturated rings. The van der Waals surface area contributed by atoms with Crippen molar-refractivity contribution in [1.82, 2.24) is 4.90 Å². The molecule has 1 N–H and O–H groups in total. The number of phenols is 1. The molecular weight excluding hydrogens is 527 g/mol. The lowest BCUT2D eigenvalue weighted by Gasteiger charge is -2.42. The maximum absolute atomic E-state index is 13.9. The van der Waals surface area contributed by atoms with Crippen molar-refractivity contribution in [2.24, 2.45) is 17.8 Å². The standard InChI is InChI=1S/C30H28F3NO6/c1-14-11-23(36)26-21(27(14)37)13-19-17(24(26)20-12-16(7-10-22(20)35)40-30(31,32)33)8-9-18-25(19)29(39)34(28(18)38)15-5-3-2-4-6-15/h7-8,10-12,15,18-19,24-25,35H,2-6,9,13H2,1H3. The van der Waals surface area contributed by atoms with E-state index in [-0.39, 0.29) is 64.5 Å². The van der Waals surface area contributed by atoms with Crippen LogP contribution in [-0.4, -0.2) is 45.8 Å². The smallest absolute Gasteiger partial charge is 0.508 e. The number of hydrogen-bond acceptors (Lipinski definition) is 6. The van der Waals surface area contributed by atoms with E-state index in [1.54, 1.807) is 6.08 Å². The quantitative estimate of drug-likeness (QED) is 0.318. The van der Waals surface area contributed by atoms with Crippen LogP contribution in [0, 0.1) is 17.8 Å². The van der Waals surface area contributed by atoms with Gasteiger partial charge in [-0.1, -0.05) is 30.9 Å². The highest BCUT2D eigenvalue weighted by Crippen LogP contribution is 2.56. The number of ketones is 2. The topological polar surface area (TPSA) is 101 Å². The fraction of sp³-hybridized carbons (Fsp3) is 0.467. The number of ether oxygens (including phenoxy) is 1. The SMILES string of the molecule is CC1=CC(=O)C2=C(CC3C(=CCC4C(=O)N(C5CCCCC5)C(=O)C43)C2c2cc(OC(F)(F)F)ccc2O)C1=O. The van der Waals surface area contributed by atoms with Crippen LogP contribution < -0.4 is 4.74 Å². The molecule has 1 aromatic rings. The summed E-state index contributed by atoms with van der Waals surface area (Å²) in [6.45, 7) is 1.51. The van der Waals surface area contributed by atoms with E-state index in [1.807, 2.05) is 0 Å². The number of carbonyl (C=O) groups is 4. The maximum atomic E-state index is 13.9. The van der Waals surface area contributed by atoms with Crippen molar-refractivity contribution in [1.29, 1.82) is 0 Å². The Balaban J connectivity index is 1.47. The number of hydrogen-bond donors (Lipinski definition) is 1. The highest BCUT2D eigenvalue weighted by Gasteiger charge is 2.57. The number of imide groups is 1. The van der Waals surface area contributed by atoms with E-state index in [2.05, 4.69) is 4.74 Å². The van der Waals surface area contributed by atoms with E-state index in [4.69, 9.17) is 0 Å². The van der Waals surface area contributed by atoms with Gasteiger partial charge in [-0.2, -0.15) is 0 Å². The van der Waals surface area contributed by atoms with Crippen molar-refractivity contribution in [2.75, 3.05) is 0 Å². The zero-order valence-corrected chi connectivity index (χ0v) is 21.8. The first-order valence-electron chi connectivity index (χ1n) is 13.6. The van der Waals surface area contributed by atoms with Crippen LogP contribution in [0.15, 0.2) is 52.6 Å². The Morgan fingerprint density at radius 1 is 1.00 bits per heavy atom. The molecule has 0 radical (unpaired) electrons. The molecule has 1 saturated carbocycles. The minimum Gasteiger partial charge on any atom is -0.508 e. The van der Waals surface area contributed by atoms with Crippen molar-refractivity contribution in [3.8, 4) is 11.5 Å². The zero-order chi connectivity index (χ0) is 28.5. The second-order valence-corrected chi connectivity index (χ2v) is 11.3. The number of Topliss-reactive ketones (excluding diaryl/α,β-unsaturated/α-hetero) is 1. The lowest BCUT2D eigenvalue weighted by Crippen LogP contribution is -2.43. The number of phenolic OH excluding ortho intramolecular Hbond substituents is 1. The summed E-state index contributed by atoms with van der Waals surface area (Å²) >= 11 is 0. The molecule has 1 saturated heterocycles. The van der Waals surface area contributed by atoms with Gasteiger partial charge in [-0.25, -0.2) is 0 Å². The largest absolute Gasteiger partial charge is 0.573 e. The number of likely N-dealkylation sites (tertiary alicyclic amines) is 1. The predicted molar refractivity (Wildman–Crippen MR) is 135 cm³/mol. The Labute approximate surface area is 228 Å². The molecule has 0 aromatic heterocycles. The Kier molecular flexibility index (Phi) is 6.27. The second-order valence-electron chi connectivity index (χ2n) is 11.3. The highest BCUT2D eigenvalue weighted by atomic mass is 19.4. The van der Waals surface area contributed by atoms with Gasteiger partial charge in [-0.15, -0.1) is 13.2 Å². The van der Waals surface area contributed by atoms with Crippen LogP contribution in [0.3, 0.4) is 0 Å². The normalized spacial score (nSPS) is 29.1. The Hall–Kier alpha value is -3.69. The molecule has 1 aromatic carbocycles. The minimum absolute atomic E-state index is 0.0290. The van der Waals surface area contributed by atoms with Crippen molar-refractivity contribution < 1.29 is 42.2 Å². The number of fused-ring (bicyclic) bond motifs is 3. The van der Waals surface area contributed by atoms with Crippen molar-refractivity contribution in [3.05, 3.63) is 58.2 Å². The molecule has 4 unspecified atom stereocenters. The van der Waals surface area contributed by atoms with Crippen molar-refractivity contribution in [2.45, 2.75) is 70.2 Å². The van der Waals surface area contributed by atoms with E-state index in [1.165, 1.54) is 17.9 Å². The maximum Gasteiger partial charge on any atom is 0.573 e. The van der Waals surface area contributed by atoms with Gasteiger partial charge < -0.3 is 9.84 Å². The molecule has 10 heteroatoms. The lowest BCUT2D eigenvalue weighted by atomic mass is 9.59. The monoisotopic (exact) mass is 555 g/mol. The summed E-state index contributed by atoms with van der Waals surface area (Å²) in [5, 5.41) is 10.8. The number of amides is 2. The van der Waals surface area contributed by atoms with Gasteiger partial charge in [0.1, 0.15) is 11.5 Å². The van der Waals surface area contributed by atoms with Crippen LogP contribution in [0.4, 0.5) is 13.2 Å². The summed E-state index contributed by atoms with van der Waals surface area (Å²) in [5.41, 5.74) is 1.00. The number of benzene rings is 1. The Bertz CT molecular complexity index is 1430. The van der Waals surface area contributed by atoms with E-state index >= 15 is 0 Å². The highest BCUT2D eigenvalue weighted by molar-refractivity contribution is 6.23. The van der Waals surface area contributed by atoms with Crippen LogP contribution in [0.5, 0.6) is 11.5 Å². The number of rotatable bonds is 3. The third-order valence-corrected chi connectivity index (χ3v) is 9.08. The van der Waals surface area contributed by atoms with Gasteiger partial charge in [0.2, 0.25) is 11.8 Å². The molecule has 210 valence electrons. The second kappa shape index (κ2) is 9.45. The number of allylic oxidation sites excluding steroid dienone is 6. The van der Waals surface area contributed by atoms with Gasteiger partial charge in [0.25, 0.3) is 0 Å². The first-order valence-corrected chi connectivity index (χ1v) is 13.6. The van der Waals surface area contributed by atoms with Crippen LogP contribution in [0.2, 0.25) is 0 Å². The molecular formula is C30H28F3NO6. The molecule has 1 heterocycles.